The van der Waals surface area contributed by atoms with Crippen LogP contribution in [0.2, 0.25) is 5.02 Å². The lowest BCUT2D eigenvalue weighted by molar-refractivity contribution is 0.112. The Balaban J connectivity index is 2.35. The van der Waals surface area contributed by atoms with Gasteiger partial charge < -0.3 is 4.74 Å². The number of carbonyl (C=O) groups is 1. The topological polar surface area (TPSA) is 26.3 Å². The molecular formula is C15H12BrClO2. The summed E-state index contributed by atoms with van der Waals surface area (Å²) in [4.78, 5) is 11.0. The molecule has 2 aromatic carbocycles. The van der Waals surface area contributed by atoms with E-state index in [-0.39, 0.29) is 0 Å². The number of aryl methyl sites for hydroxylation is 1. The molecule has 0 aromatic heterocycles. The van der Waals surface area contributed by atoms with Gasteiger partial charge in [-0.05, 0) is 48.4 Å². The van der Waals surface area contributed by atoms with E-state index in [0.29, 0.717) is 17.1 Å². The fourth-order valence-corrected chi connectivity index (χ4v) is 2.30. The first-order valence-corrected chi connectivity index (χ1v) is 7.02. The monoisotopic (exact) mass is 338 g/mol. The van der Waals surface area contributed by atoms with E-state index in [9.17, 15) is 4.79 Å². The van der Waals surface area contributed by atoms with Gasteiger partial charge in [0.15, 0.2) is 6.29 Å². The summed E-state index contributed by atoms with van der Waals surface area (Å²) in [6.45, 7) is 2.03. The summed E-state index contributed by atoms with van der Waals surface area (Å²) in [6, 6.07) is 10.8. The van der Waals surface area contributed by atoms with Gasteiger partial charge >= 0.3 is 0 Å². The van der Waals surface area contributed by atoms with Gasteiger partial charge in [0, 0.05) is 9.50 Å². The number of ether oxygens (including phenoxy) is 1. The summed E-state index contributed by atoms with van der Waals surface area (Å²) in [6.07, 6.45) is 1.60. The molecule has 2 nitrogen and oxygen atoms in total. The Bertz CT molecular complexity index is 611. The molecule has 4 heteroatoms. The molecule has 0 amide bonds. The second-order valence-electron chi connectivity index (χ2n) is 4.01. The lowest BCUT2D eigenvalue weighted by Crippen LogP contribution is -1.92. The minimum absolute atomic E-state index is 0.510. The molecule has 0 aliphatic carbocycles. The number of benzene rings is 2. The van der Waals surface area contributed by atoms with Crippen LogP contribution in [0.1, 0.15) is 22.8 Å². The summed E-state index contributed by atoms with van der Waals surface area (Å²) in [5, 5.41) is 0.722. The number of rotatable bonds is 4. The number of hydrogen-bond acceptors (Lipinski definition) is 2. The minimum Gasteiger partial charge on any atom is -0.457 e. The highest BCUT2D eigenvalue weighted by atomic mass is 79.9. The van der Waals surface area contributed by atoms with E-state index in [2.05, 4.69) is 15.9 Å². The highest BCUT2D eigenvalue weighted by Gasteiger charge is 2.07. The predicted molar refractivity (Wildman–Crippen MR) is 80.4 cm³/mol. The fourth-order valence-electron chi connectivity index (χ4n) is 1.71. The van der Waals surface area contributed by atoms with Gasteiger partial charge in [-0.2, -0.15) is 0 Å². The van der Waals surface area contributed by atoms with E-state index >= 15 is 0 Å². The van der Waals surface area contributed by atoms with Gasteiger partial charge in [-0.1, -0.05) is 34.5 Å². The molecule has 0 aliphatic rings. The molecule has 0 fully saturated rings. The van der Waals surface area contributed by atoms with Crippen molar-refractivity contribution in [1.82, 2.24) is 0 Å². The van der Waals surface area contributed by atoms with Crippen LogP contribution in [0.25, 0.3) is 0 Å². The Hall–Kier alpha value is -1.32. The van der Waals surface area contributed by atoms with Gasteiger partial charge in [-0.3, -0.25) is 4.79 Å². The standard InChI is InChI=1S/C15H12BrClO2/c1-2-10-7-13(5-6-14(10)17)19-15-8-12(16)4-3-11(15)9-18/h3-9H,2H2,1H3. The van der Waals surface area contributed by atoms with Gasteiger partial charge in [0.25, 0.3) is 0 Å². The van der Waals surface area contributed by atoms with E-state index in [1.165, 1.54) is 0 Å². The first kappa shape index (κ1) is 14.1. The zero-order chi connectivity index (χ0) is 13.8. The van der Waals surface area contributed by atoms with Crippen molar-refractivity contribution in [3.63, 3.8) is 0 Å². The summed E-state index contributed by atoms with van der Waals surface area (Å²) in [7, 11) is 0. The van der Waals surface area contributed by atoms with Gasteiger partial charge in [-0.15, -0.1) is 0 Å². The van der Waals surface area contributed by atoms with Crippen LogP contribution < -0.4 is 4.74 Å². The van der Waals surface area contributed by atoms with Crippen molar-refractivity contribution < 1.29 is 9.53 Å². The van der Waals surface area contributed by atoms with E-state index in [0.717, 1.165) is 27.8 Å². The van der Waals surface area contributed by atoms with E-state index in [4.69, 9.17) is 16.3 Å². The molecule has 2 rings (SSSR count). The number of carbonyl (C=O) groups excluding carboxylic acids is 1. The van der Waals surface area contributed by atoms with Gasteiger partial charge in [-0.25, -0.2) is 0 Å². The van der Waals surface area contributed by atoms with Crippen LogP contribution in [0.15, 0.2) is 40.9 Å². The van der Waals surface area contributed by atoms with Crippen molar-refractivity contribution >= 4 is 33.8 Å². The summed E-state index contributed by atoms with van der Waals surface area (Å²) in [5.41, 5.74) is 1.53. The molecule has 0 saturated carbocycles. The molecule has 19 heavy (non-hydrogen) atoms. The van der Waals surface area contributed by atoms with Crippen molar-refractivity contribution in [2.75, 3.05) is 0 Å². The molecule has 0 unspecified atom stereocenters. The zero-order valence-electron chi connectivity index (χ0n) is 10.3. The van der Waals surface area contributed by atoms with E-state index < -0.39 is 0 Å². The van der Waals surface area contributed by atoms with Crippen molar-refractivity contribution in [2.24, 2.45) is 0 Å². The Morgan fingerprint density at radius 2 is 2.05 bits per heavy atom. The van der Waals surface area contributed by atoms with Crippen LogP contribution in [0.5, 0.6) is 11.5 Å². The Morgan fingerprint density at radius 1 is 1.26 bits per heavy atom. The highest BCUT2D eigenvalue weighted by Crippen LogP contribution is 2.30. The van der Waals surface area contributed by atoms with Gasteiger partial charge in [0.2, 0.25) is 0 Å². The first-order chi connectivity index (χ1) is 9.13. The summed E-state index contributed by atoms with van der Waals surface area (Å²) in [5.74, 6) is 1.19. The average molecular weight is 340 g/mol. The average Bonchev–Trinajstić information content (AvgIpc) is 2.41. The van der Waals surface area contributed by atoms with Crippen molar-refractivity contribution in [2.45, 2.75) is 13.3 Å². The molecular weight excluding hydrogens is 328 g/mol. The second-order valence-corrected chi connectivity index (χ2v) is 5.33. The molecule has 0 saturated heterocycles. The Labute approximate surface area is 125 Å². The maximum absolute atomic E-state index is 11.0. The molecule has 98 valence electrons. The van der Waals surface area contributed by atoms with Crippen LogP contribution in [0, 0.1) is 0 Å². The number of halogens is 2. The highest BCUT2D eigenvalue weighted by molar-refractivity contribution is 9.10. The van der Waals surface area contributed by atoms with Crippen molar-refractivity contribution in [3.05, 3.63) is 57.0 Å². The van der Waals surface area contributed by atoms with E-state index in [1.807, 2.05) is 13.0 Å². The molecule has 0 heterocycles. The lowest BCUT2D eigenvalue weighted by atomic mass is 10.1. The molecule has 0 aliphatic heterocycles. The van der Waals surface area contributed by atoms with Crippen molar-refractivity contribution in [1.29, 1.82) is 0 Å². The number of hydrogen-bond donors (Lipinski definition) is 0. The number of aldehydes is 1. The van der Waals surface area contributed by atoms with Gasteiger partial charge in [0.05, 0.1) is 5.56 Å². The molecule has 2 aromatic rings. The van der Waals surface area contributed by atoms with Crippen LogP contribution in [0.4, 0.5) is 0 Å². The minimum atomic E-state index is 0.510. The molecule has 0 radical (unpaired) electrons. The molecule has 0 N–H and O–H groups in total. The smallest absolute Gasteiger partial charge is 0.153 e. The third-order valence-electron chi connectivity index (χ3n) is 2.73. The zero-order valence-corrected chi connectivity index (χ0v) is 12.7. The van der Waals surface area contributed by atoms with Crippen LogP contribution in [-0.2, 0) is 6.42 Å². The third-order valence-corrected chi connectivity index (χ3v) is 3.59. The fraction of sp³-hybridized carbons (Fsp3) is 0.133. The second kappa shape index (κ2) is 6.22. The largest absolute Gasteiger partial charge is 0.457 e. The summed E-state index contributed by atoms with van der Waals surface area (Å²) >= 11 is 9.43. The quantitative estimate of drug-likeness (QED) is 0.709. The first-order valence-electron chi connectivity index (χ1n) is 5.85. The Morgan fingerprint density at radius 3 is 2.74 bits per heavy atom. The maximum Gasteiger partial charge on any atom is 0.153 e. The lowest BCUT2D eigenvalue weighted by Gasteiger charge is -2.10. The SMILES string of the molecule is CCc1cc(Oc2cc(Br)ccc2C=O)ccc1Cl. The Kier molecular flexibility index (Phi) is 4.61. The maximum atomic E-state index is 11.0. The third kappa shape index (κ3) is 3.37. The van der Waals surface area contributed by atoms with Crippen LogP contribution in [-0.4, -0.2) is 6.29 Å². The van der Waals surface area contributed by atoms with Gasteiger partial charge in [0.1, 0.15) is 11.5 Å². The van der Waals surface area contributed by atoms with Crippen LogP contribution >= 0.6 is 27.5 Å². The molecule has 0 spiro atoms. The van der Waals surface area contributed by atoms with Crippen molar-refractivity contribution in [3.8, 4) is 11.5 Å². The van der Waals surface area contributed by atoms with Crippen LogP contribution in [0.3, 0.4) is 0 Å². The molecule has 0 atom stereocenters. The summed E-state index contributed by atoms with van der Waals surface area (Å²) < 4.78 is 6.62. The predicted octanol–water partition coefficient (Wildman–Crippen LogP) is 5.27. The normalized spacial score (nSPS) is 10.3. The van der Waals surface area contributed by atoms with E-state index in [1.54, 1.807) is 30.3 Å². The molecule has 0 bridgehead atoms.